The molecule has 3 heterocycles. The number of amides is 1. The van der Waals surface area contributed by atoms with Crippen LogP contribution in [0.15, 0.2) is 51.3 Å². The maximum atomic E-state index is 12.4. The van der Waals surface area contributed by atoms with Gasteiger partial charge in [-0.15, -0.1) is 11.3 Å². The molecule has 130 valence electrons. The molecule has 0 spiro atoms. The zero-order valence-electron chi connectivity index (χ0n) is 14.0. The van der Waals surface area contributed by atoms with Crippen LogP contribution in [0.25, 0.3) is 10.6 Å². The third kappa shape index (κ3) is 4.07. The van der Waals surface area contributed by atoms with Crippen molar-refractivity contribution >= 4 is 28.6 Å². The molecule has 5 nitrogen and oxygen atoms in total. The smallest absolute Gasteiger partial charge is 0.261 e. The van der Waals surface area contributed by atoms with Gasteiger partial charge < -0.3 is 15.2 Å². The molecule has 1 amide bonds. The van der Waals surface area contributed by atoms with Gasteiger partial charge in [0, 0.05) is 6.54 Å². The minimum atomic E-state index is -0.375. The summed E-state index contributed by atoms with van der Waals surface area (Å²) in [5, 5.41) is 8.90. The quantitative estimate of drug-likeness (QED) is 0.697. The largest absolute Gasteiger partial charge is 0.350 e. The lowest BCUT2D eigenvalue weighted by molar-refractivity contribution is 0.0940. The number of aromatic nitrogens is 1. The van der Waals surface area contributed by atoms with E-state index in [4.69, 9.17) is 0 Å². The molecule has 0 aliphatic heterocycles. The average molecular weight is 374 g/mol. The maximum absolute atomic E-state index is 12.4. The number of hydrogen-bond acceptors (Lipinski definition) is 5. The van der Waals surface area contributed by atoms with Gasteiger partial charge >= 0.3 is 0 Å². The van der Waals surface area contributed by atoms with E-state index < -0.39 is 0 Å². The lowest BCUT2D eigenvalue weighted by Crippen LogP contribution is -2.36. The van der Waals surface area contributed by atoms with Crippen molar-refractivity contribution in [1.82, 2.24) is 15.2 Å². The summed E-state index contributed by atoms with van der Waals surface area (Å²) in [6, 6.07) is 9.32. The second-order valence-electron chi connectivity index (χ2n) is 5.84. The summed E-state index contributed by atoms with van der Waals surface area (Å²) in [5.74, 6) is -0.360. The third-order valence-electron chi connectivity index (χ3n) is 3.95. The number of thiophene rings is 2. The third-order valence-corrected chi connectivity index (χ3v) is 5.55. The first-order valence-electron chi connectivity index (χ1n) is 7.80. The second-order valence-corrected chi connectivity index (χ2v) is 7.57. The molecule has 0 saturated heterocycles. The standard InChI is InChI=1S/C18H19N3O2S2/c1-21(2)15(12-7-9-24-11-12)10-19-17(22)13-5-6-14(20-18(13)23)16-4-3-8-25-16/h3-9,11,15H,10H2,1-2H3,(H,19,22)(H,20,23). The summed E-state index contributed by atoms with van der Waals surface area (Å²) in [7, 11) is 3.94. The van der Waals surface area contributed by atoms with Crippen molar-refractivity contribution in [3.05, 3.63) is 68.0 Å². The normalized spacial score (nSPS) is 12.3. The van der Waals surface area contributed by atoms with E-state index in [1.165, 1.54) is 11.3 Å². The number of hydrogen-bond donors (Lipinski definition) is 2. The molecule has 3 aromatic rings. The van der Waals surface area contributed by atoms with E-state index in [0.717, 1.165) is 16.1 Å². The van der Waals surface area contributed by atoms with Crippen LogP contribution in [0.4, 0.5) is 0 Å². The fourth-order valence-corrected chi connectivity index (χ4v) is 3.99. The summed E-state index contributed by atoms with van der Waals surface area (Å²) in [6.07, 6.45) is 0. The molecular weight excluding hydrogens is 354 g/mol. The zero-order chi connectivity index (χ0) is 17.8. The first-order valence-corrected chi connectivity index (χ1v) is 9.62. The van der Waals surface area contributed by atoms with Crippen LogP contribution < -0.4 is 10.9 Å². The number of rotatable bonds is 6. The molecule has 1 atom stereocenters. The molecule has 1 unspecified atom stereocenters. The topological polar surface area (TPSA) is 65.2 Å². The van der Waals surface area contributed by atoms with Crippen molar-refractivity contribution in [2.45, 2.75) is 6.04 Å². The first kappa shape index (κ1) is 17.6. The summed E-state index contributed by atoms with van der Waals surface area (Å²) in [6.45, 7) is 0.439. The Morgan fingerprint density at radius 3 is 2.68 bits per heavy atom. The van der Waals surface area contributed by atoms with E-state index in [1.54, 1.807) is 23.5 Å². The van der Waals surface area contributed by atoms with E-state index in [2.05, 4.69) is 15.7 Å². The average Bonchev–Trinajstić information content (AvgIpc) is 3.28. The van der Waals surface area contributed by atoms with E-state index >= 15 is 0 Å². The SMILES string of the molecule is CN(C)C(CNC(=O)c1ccc(-c2cccs2)[nH]c1=O)c1ccsc1. The Hall–Kier alpha value is -2.22. The maximum Gasteiger partial charge on any atom is 0.261 e. The van der Waals surface area contributed by atoms with Gasteiger partial charge in [-0.25, -0.2) is 0 Å². The monoisotopic (exact) mass is 373 g/mol. The number of H-pyrrole nitrogens is 1. The van der Waals surface area contributed by atoms with Crippen LogP contribution in [0.1, 0.15) is 22.0 Å². The summed E-state index contributed by atoms with van der Waals surface area (Å²) >= 11 is 3.16. The minimum Gasteiger partial charge on any atom is -0.350 e. The number of likely N-dealkylation sites (N-methyl/N-ethyl adjacent to an activating group) is 1. The van der Waals surface area contributed by atoms with Crippen molar-refractivity contribution < 1.29 is 4.79 Å². The van der Waals surface area contributed by atoms with E-state index in [-0.39, 0.29) is 23.1 Å². The van der Waals surface area contributed by atoms with Gasteiger partial charge in [0.1, 0.15) is 5.56 Å². The summed E-state index contributed by atoms with van der Waals surface area (Å²) in [4.78, 5) is 30.5. The molecule has 0 fully saturated rings. The van der Waals surface area contributed by atoms with Gasteiger partial charge in [0.25, 0.3) is 11.5 Å². The first-order chi connectivity index (χ1) is 12.1. The van der Waals surface area contributed by atoms with Gasteiger partial charge in [-0.1, -0.05) is 6.07 Å². The van der Waals surface area contributed by atoms with Crippen LogP contribution in [-0.2, 0) is 0 Å². The molecule has 0 bridgehead atoms. The number of nitrogens with zero attached hydrogens (tertiary/aromatic N) is 1. The van der Waals surface area contributed by atoms with Crippen LogP contribution >= 0.6 is 22.7 Å². The predicted octanol–water partition coefficient (Wildman–Crippen LogP) is 3.20. The second kappa shape index (κ2) is 7.77. The highest BCUT2D eigenvalue weighted by Gasteiger charge is 2.17. The Bertz CT molecular complexity index is 883. The molecule has 3 rings (SSSR count). The van der Waals surface area contributed by atoms with Crippen LogP contribution in [0.3, 0.4) is 0 Å². The molecule has 3 aromatic heterocycles. The number of carbonyl (C=O) groups excluding carboxylic acids is 1. The Kier molecular flexibility index (Phi) is 5.47. The summed E-state index contributed by atoms with van der Waals surface area (Å²) in [5.41, 5.74) is 1.63. The molecule has 0 saturated carbocycles. The lowest BCUT2D eigenvalue weighted by atomic mass is 10.1. The van der Waals surface area contributed by atoms with Gasteiger partial charge in [0.05, 0.1) is 16.6 Å². The molecule has 0 aliphatic carbocycles. The van der Waals surface area contributed by atoms with Gasteiger partial charge in [0.15, 0.2) is 0 Å². The summed E-state index contributed by atoms with van der Waals surface area (Å²) < 4.78 is 0. The van der Waals surface area contributed by atoms with Gasteiger partial charge in [-0.3, -0.25) is 9.59 Å². The highest BCUT2D eigenvalue weighted by Crippen LogP contribution is 2.22. The highest BCUT2D eigenvalue weighted by atomic mass is 32.1. The van der Waals surface area contributed by atoms with Crippen LogP contribution in [0, 0.1) is 0 Å². The van der Waals surface area contributed by atoms with Crippen molar-refractivity contribution in [1.29, 1.82) is 0 Å². The molecule has 0 aromatic carbocycles. The van der Waals surface area contributed by atoms with Crippen molar-refractivity contribution in [3.63, 3.8) is 0 Å². The zero-order valence-corrected chi connectivity index (χ0v) is 15.6. The molecule has 0 radical (unpaired) electrons. The molecule has 25 heavy (non-hydrogen) atoms. The van der Waals surface area contributed by atoms with E-state index in [1.807, 2.05) is 48.0 Å². The fourth-order valence-electron chi connectivity index (χ4n) is 2.58. The molecule has 7 heteroatoms. The Morgan fingerprint density at radius 1 is 1.24 bits per heavy atom. The number of carbonyl (C=O) groups is 1. The predicted molar refractivity (Wildman–Crippen MR) is 103 cm³/mol. The molecular formula is C18H19N3O2S2. The Labute approximate surface area is 154 Å². The lowest BCUT2D eigenvalue weighted by Gasteiger charge is -2.23. The Balaban J connectivity index is 1.72. The van der Waals surface area contributed by atoms with Crippen molar-refractivity contribution in [3.8, 4) is 10.6 Å². The fraction of sp³-hybridized carbons (Fsp3) is 0.222. The number of aromatic amines is 1. The molecule has 0 aliphatic rings. The highest BCUT2D eigenvalue weighted by molar-refractivity contribution is 7.13. The van der Waals surface area contributed by atoms with Crippen LogP contribution in [0.5, 0.6) is 0 Å². The van der Waals surface area contributed by atoms with Crippen LogP contribution in [0.2, 0.25) is 0 Å². The number of nitrogens with one attached hydrogen (secondary N) is 2. The van der Waals surface area contributed by atoms with Gasteiger partial charge in [-0.05, 0) is 60.1 Å². The van der Waals surface area contributed by atoms with Crippen molar-refractivity contribution in [2.24, 2.45) is 0 Å². The minimum absolute atomic E-state index is 0.0691. The van der Waals surface area contributed by atoms with E-state index in [9.17, 15) is 9.59 Å². The van der Waals surface area contributed by atoms with Crippen LogP contribution in [-0.4, -0.2) is 36.4 Å². The Morgan fingerprint density at radius 2 is 2.08 bits per heavy atom. The molecule has 2 N–H and O–H groups in total. The number of pyridine rings is 1. The van der Waals surface area contributed by atoms with Crippen molar-refractivity contribution in [2.75, 3.05) is 20.6 Å². The van der Waals surface area contributed by atoms with Gasteiger partial charge in [0.2, 0.25) is 0 Å². The van der Waals surface area contributed by atoms with Gasteiger partial charge in [-0.2, -0.15) is 11.3 Å². The van der Waals surface area contributed by atoms with E-state index in [0.29, 0.717) is 6.54 Å².